The van der Waals surface area contributed by atoms with Crippen LogP contribution < -0.4 is 4.74 Å². The van der Waals surface area contributed by atoms with Crippen LogP contribution in [-0.2, 0) is 22.6 Å². The fraction of sp³-hybridized carbons (Fsp3) is 0.364. The van der Waals surface area contributed by atoms with Crippen molar-refractivity contribution in [2.45, 2.75) is 58.5 Å². The van der Waals surface area contributed by atoms with E-state index in [1.54, 1.807) is 0 Å². The predicted octanol–water partition coefficient (Wildman–Crippen LogP) is 7.48. The summed E-state index contributed by atoms with van der Waals surface area (Å²) in [6, 6.07) is 21.7. The highest BCUT2D eigenvalue weighted by molar-refractivity contribution is 5.81. The van der Waals surface area contributed by atoms with E-state index in [4.69, 9.17) is 14.6 Å². The number of benzene rings is 3. The van der Waals surface area contributed by atoms with Crippen molar-refractivity contribution in [3.63, 3.8) is 0 Å². The molecule has 4 rings (SSSR count). The van der Waals surface area contributed by atoms with Crippen molar-refractivity contribution in [3.8, 4) is 28.0 Å². The second-order valence-corrected chi connectivity index (χ2v) is 10.0. The molecule has 0 radical (unpaired) electrons. The molecule has 0 amide bonds. The summed E-state index contributed by atoms with van der Waals surface area (Å²) in [5.74, 6) is 1.67. The van der Waals surface area contributed by atoms with Crippen LogP contribution >= 0.6 is 0 Å². The molecule has 0 aromatic heterocycles. The van der Waals surface area contributed by atoms with Crippen LogP contribution in [0.1, 0.15) is 62.1 Å². The Kier molecular flexibility index (Phi) is 9.19. The van der Waals surface area contributed by atoms with Gasteiger partial charge in [-0.2, -0.15) is 0 Å². The molecule has 37 heavy (non-hydrogen) atoms. The molecule has 0 saturated heterocycles. The first-order valence-corrected chi connectivity index (χ1v) is 13.4. The highest BCUT2D eigenvalue weighted by Gasteiger charge is 2.19. The Balaban J connectivity index is 1.58. The Bertz CT molecular complexity index is 1200. The quantitative estimate of drug-likeness (QED) is 0.233. The Morgan fingerprint density at radius 2 is 1.62 bits per heavy atom. The van der Waals surface area contributed by atoms with Gasteiger partial charge in [0.25, 0.3) is 0 Å². The Morgan fingerprint density at radius 1 is 0.946 bits per heavy atom. The molecule has 0 unspecified atom stereocenters. The number of rotatable bonds is 10. The molecule has 0 bridgehead atoms. The molecule has 4 heteroatoms. The molecule has 3 aromatic carbocycles. The molecule has 1 aliphatic carbocycles. The molecule has 1 aliphatic rings. The van der Waals surface area contributed by atoms with E-state index in [-0.39, 0.29) is 19.8 Å². The van der Waals surface area contributed by atoms with Gasteiger partial charge in [-0.05, 0) is 76.6 Å². The van der Waals surface area contributed by atoms with Gasteiger partial charge in [0.2, 0.25) is 0 Å². The monoisotopic (exact) mass is 498 g/mol. The van der Waals surface area contributed by atoms with Crippen LogP contribution in [0.15, 0.2) is 73.3 Å². The zero-order valence-electron chi connectivity index (χ0n) is 22.0. The molecule has 1 saturated carbocycles. The third kappa shape index (κ3) is 6.69. The summed E-state index contributed by atoms with van der Waals surface area (Å²) < 4.78 is 10.9. The summed E-state index contributed by atoms with van der Waals surface area (Å²) in [6.07, 6.45) is 7.31. The fourth-order valence-electron chi connectivity index (χ4n) is 5.25. The smallest absolute Gasteiger partial charge is 0.330 e. The second-order valence-electron chi connectivity index (χ2n) is 10.0. The number of ether oxygens (including phenoxy) is 2. The number of aryl methyl sites for hydroxylation is 1. The average Bonchev–Trinajstić information content (AvgIpc) is 2.95. The van der Waals surface area contributed by atoms with Gasteiger partial charge in [-0.3, -0.25) is 0 Å². The maximum Gasteiger partial charge on any atom is 0.330 e. The van der Waals surface area contributed by atoms with Crippen LogP contribution in [0.5, 0.6) is 5.75 Å². The molecule has 0 heterocycles. The van der Waals surface area contributed by atoms with E-state index in [0.717, 1.165) is 35.1 Å². The van der Waals surface area contributed by atoms with Gasteiger partial charge in [-0.15, -0.1) is 0 Å². The van der Waals surface area contributed by atoms with E-state index in [0.29, 0.717) is 11.7 Å². The summed E-state index contributed by atoms with van der Waals surface area (Å²) in [7, 11) is 0. The number of hydrogen-bond donors (Lipinski definition) is 1. The number of carbonyl (C=O) groups excluding carboxylic acids is 1. The molecule has 0 spiro atoms. The maximum atomic E-state index is 11.6. The van der Waals surface area contributed by atoms with Crippen LogP contribution in [0.25, 0.3) is 22.3 Å². The normalized spacial score (nSPS) is 17.3. The average molecular weight is 499 g/mol. The zero-order valence-corrected chi connectivity index (χ0v) is 22.0. The molecule has 1 N–H and O–H groups in total. The van der Waals surface area contributed by atoms with Gasteiger partial charge >= 0.3 is 5.97 Å². The number of aliphatic hydroxyl groups is 1. The van der Waals surface area contributed by atoms with Crippen LogP contribution in [0.4, 0.5) is 0 Å². The van der Waals surface area contributed by atoms with E-state index >= 15 is 0 Å². The molecule has 0 atom stereocenters. The van der Waals surface area contributed by atoms with Gasteiger partial charge in [-0.1, -0.05) is 81.8 Å². The van der Waals surface area contributed by atoms with Crippen molar-refractivity contribution < 1.29 is 19.4 Å². The molecule has 3 aromatic rings. The summed E-state index contributed by atoms with van der Waals surface area (Å²) in [4.78, 5) is 11.6. The largest absolute Gasteiger partial charge is 0.491 e. The molecule has 1 fully saturated rings. The van der Waals surface area contributed by atoms with Gasteiger partial charge in [-0.25, -0.2) is 4.79 Å². The standard InChI is InChI=1S/C33H38O4/c1-4-24-20-28(27-12-10-26(11-13-27)25-8-6-23(3)7-9-25)14-16-31(24)29-15-17-32(36-19-18-34)30(21-29)22-37-33(35)5-2/h5,10-17,20-21,23,25,34H,2,4,6-9,18-19,22H2,1,3H3. The SMILES string of the molecule is C=CC(=O)OCc1cc(-c2ccc(-c3ccc(C4CCC(C)CC4)cc3)cc2CC)ccc1OCCO. The van der Waals surface area contributed by atoms with Gasteiger partial charge < -0.3 is 14.6 Å². The number of aliphatic hydroxyl groups excluding tert-OH is 1. The summed E-state index contributed by atoms with van der Waals surface area (Å²) in [5.41, 5.74) is 8.10. The second kappa shape index (κ2) is 12.7. The fourth-order valence-corrected chi connectivity index (χ4v) is 5.25. The van der Waals surface area contributed by atoms with Crippen molar-refractivity contribution in [2.24, 2.45) is 5.92 Å². The van der Waals surface area contributed by atoms with Gasteiger partial charge in [0, 0.05) is 11.6 Å². The lowest BCUT2D eigenvalue weighted by Gasteiger charge is -2.26. The van der Waals surface area contributed by atoms with Gasteiger partial charge in [0.05, 0.1) is 6.61 Å². The van der Waals surface area contributed by atoms with E-state index in [1.807, 2.05) is 18.2 Å². The molecule has 0 aliphatic heterocycles. The number of hydrogen-bond acceptors (Lipinski definition) is 4. The van der Waals surface area contributed by atoms with Crippen LogP contribution in [-0.4, -0.2) is 24.3 Å². The van der Waals surface area contributed by atoms with Crippen molar-refractivity contribution in [3.05, 3.63) is 90.0 Å². The topological polar surface area (TPSA) is 55.8 Å². The minimum atomic E-state index is -0.485. The van der Waals surface area contributed by atoms with E-state index in [1.165, 1.54) is 47.9 Å². The van der Waals surface area contributed by atoms with Gasteiger partial charge in [0.1, 0.15) is 19.0 Å². The molecular formula is C33H38O4. The maximum absolute atomic E-state index is 11.6. The summed E-state index contributed by atoms with van der Waals surface area (Å²) in [5, 5.41) is 9.16. The highest BCUT2D eigenvalue weighted by atomic mass is 16.5. The van der Waals surface area contributed by atoms with Crippen LogP contribution in [0, 0.1) is 5.92 Å². The van der Waals surface area contributed by atoms with E-state index in [2.05, 4.69) is 62.9 Å². The first-order chi connectivity index (χ1) is 18.0. The Labute approximate surface area is 221 Å². The molecule has 194 valence electrons. The lowest BCUT2D eigenvalue weighted by molar-refractivity contribution is -0.139. The van der Waals surface area contributed by atoms with Crippen molar-refractivity contribution in [2.75, 3.05) is 13.2 Å². The van der Waals surface area contributed by atoms with E-state index < -0.39 is 5.97 Å². The number of carbonyl (C=O) groups is 1. The summed E-state index contributed by atoms with van der Waals surface area (Å²) in [6.45, 7) is 8.16. The lowest BCUT2D eigenvalue weighted by atomic mass is 9.79. The number of esters is 1. The minimum Gasteiger partial charge on any atom is -0.491 e. The summed E-state index contributed by atoms with van der Waals surface area (Å²) >= 11 is 0. The van der Waals surface area contributed by atoms with E-state index in [9.17, 15) is 4.79 Å². The first kappa shape index (κ1) is 26.7. The Hall–Kier alpha value is -3.37. The first-order valence-electron chi connectivity index (χ1n) is 13.4. The predicted molar refractivity (Wildman–Crippen MR) is 150 cm³/mol. The highest BCUT2D eigenvalue weighted by Crippen LogP contribution is 2.37. The van der Waals surface area contributed by atoms with Crippen molar-refractivity contribution in [1.82, 2.24) is 0 Å². The minimum absolute atomic E-state index is 0.0747. The van der Waals surface area contributed by atoms with Gasteiger partial charge in [0.15, 0.2) is 0 Å². The zero-order chi connectivity index (χ0) is 26.2. The molecular weight excluding hydrogens is 460 g/mol. The lowest BCUT2D eigenvalue weighted by Crippen LogP contribution is -2.10. The third-order valence-corrected chi connectivity index (χ3v) is 7.47. The Morgan fingerprint density at radius 3 is 2.30 bits per heavy atom. The van der Waals surface area contributed by atoms with Crippen molar-refractivity contribution >= 4 is 5.97 Å². The molecule has 4 nitrogen and oxygen atoms in total. The van der Waals surface area contributed by atoms with Crippen molar-refractivity contribution in [1.29, 1.82) is 0 Å². The van der Waals surface area contributed by atoms with Crippen LogP contribution in [0.2, 0.25) is 0 Å². The third-order valence-electron chi connectivity index (χ3n) is 7.47. The van der Waals surface area contributed by atoms with Crippen LogP contribution in [0.3, 0.4) is 0 Å².